The summed E-state index contributed by atoms with van der Waals surface area (Å²) >= 11 is 1.45. The smallest absolute Gasteiger partial charge is 0.192 e. The first kappa shape index (κ1) is 13.3. The zero-order valence-corrected chi connectivity index (χ0v) is 12.0. The summed E-state index contributed by atoms with van der Waals surface area (Å²) in [4.78, 5) is 3.97. The second-order valence-electron chi connectivity index (χ2n) is 4.43. The molecule has 0 amide bonds. The molecule has 102 valence electrons. The number of rotatable bonds is 4. The average Bonchev–Trinajstić information content (AvgIpc) is 2.97. The van der Waals surface area contributed by atoms with E-state index in [2.05, 4.69) is 11.1 Å². The molecule has 0 aliphatic carbocycles. The first-order valence-electron chi connectivity index (χ1n) is 6.47. The highest BCUT2D eigenvalue weighted by Crippen LogP contribution is 2.36. The molecule has 0 aliphatic heterocycles. The van der Waals surface area contributed by atoms with Crippen LogP contribution in [-0.2, 0) is 6.61 Å². The number of nitriles is 1. The molecule has 2 aromatic heterocycles. The van der Waals surface area contributed by atoms with Crippen molar-refractivity contribution in [2.45, 2.75) is 6.61 Å². The van der Waals surface area contributed by atoms with Crippen LogP contribution in [-0.4, -0.2) is 4.98 Å². The lowest BCUT2D eigenvalue weighted by molar-refractivity contribution is 0.315. The lowest BCUT2D eigenvalue weighted by Crippen LogP contribution is -1.95. The average molecular weight is 292 g/mol. The quantitative estimate of drug-likeness (QED) is 0.721. The fourth-order valence-electron chi connectivity index (χ4n) is 2.01. The summed E-state index contributed by atoms with van der Waals surface area (Å²) in [7, 11) is 0. The van der Waals surface area contributed by atoms with Gasteiger partial charge in [-0.15, -0.1) is 11.3 Å². The minimum absolute atomic E-state index is 0.436. The van der Waals surface area contributed by atoms with Crippen molar-refractivity contribution >= 4 is 11.3 Å². The summed E-state index contributed by atoms with van der Waals surface area (Å²) in [5.41, 5.74) is 3.58. The summed E-state index contributed by atoms with van der Waals surface area (Å²) in [5, 5.41) is 12.0. The standard InChI is InChI=1S/C17H12N2OS/c18-10-15-16(14-4-2-1-3-5-14)12-21-17(15)20-11-13-6-8-19-9-7-13/h1-9,12H,11H2. The molecule has 3 nitrogen and oxygen atoms in total. The third kappa shape index (κ3) is 2.93. The van der Waals surface area contributed by atoms with Crippen molar-refractivity contribution < 1.29 is 4.74 Å². The lowest BCUT2D eigenvalue weighted by atomic mass is 10.1. The van der Waals surface area contributed by atoms with Crippen LogP contribution in [0.4, 0.5) is 0 Å². The molecule has 0 aliphatic rings. The van der Waals surface area contributed by atoms with Crippen LogP contribution in [0.1, 0.15) is 11.1 Å². The molecule has 21 heavy (non-hydrogen) atoms. The second kappa shape index (κ2) is 6.21. The van der Waals surface area contributed by atoms with E-state index in [0.717, 1.165) is 16.7 Å². The van der Waals surface area contributed by atoms with Crippen molar-refractivity contribution in [2.75, 3.05) is 0 Å². The molecule has 0 fully saturated rings. The molecule has 4 heteroatoms. The van der Waals surface area contributed by atoms with E-state index in [1.807, 2.05) is 47.8 Å². The Morgan fingerprint density at radius 2 is 1.86 bits per heavy atom. The van der Waals surface area contributed by atoms with Crippen LogP contribution in [0, 0.1) is 11.3 Å². The van der Waals surface area contributed by atoms with E-state index in [4.69, 9.17) is 4.74 Å². The number of hydrogen-bond acceptors (Lipinski definition) is 4. The first-order chi connectivity index (χ1) is 10.4. The van der Waals surface area contributed by atoms with E-state index >= 15 is 0 Å². The van der Waals surface area contributed by atoms with Crippen molar-refractivity contribution in [1.82, 2.24) is 4.98 Å². The number of pyridine rings is 1. The van der Waals surface area contributed by atoms with E-state index in [1.165, 1.54) is 11.3 Å². The van der Waals surface area contributed by atoms with Crippen LogP contribution < -0.4 is 4.74 Å². The Morgan fingerprint density at radius 1 is 1.10 bits per heavy atom. The van der Waals surface area contributed by atoms with Gasteiger partial charge in [-0.05, 0) is 23.3 Å². The third-order valence-corrected chi connectivity index (χ3v) is 3.96. The Morgan fingerprint density at radius 3 is 2.57 bits per heavy atom. The number of thiophene rings is 1. The van der Waals surface area contributed by atoms with Gasteiger partial charge in [0.25, 0.3) is 0 Å². The molecule has 0 saturated carbocycles. The zero-order chi connectivity index (χ0) is 14.5. The number of benzene rings is 1. The minimum Gasteiger partial charge on any atom is -0.478 e. The van der Waals surface area contributed by atoms with Crippen LogP contribution in [0.25, 0.3) is 11.1 Å². The maximum absolute atomic E-state index is 9.41. The fraction of sp³-hybridized carbons (Fsp3) is 0.0588. The van der Waals surface area contributed by atoms with Gasteiger partial charge in [-0.25, -0.2) is 0 Å². The molecular formula is C17H12N2OS. The summed E-state index contributed by atoms with van der Waals surface area (Å²) in [5.74, 6) is 0. The van der Waals surface area contributed by atoms with Gasteiger partial charge in [-0.1, -0.05) is 30.3 Å². The first-order valence-corrected chi connectivity index (χ1v) is 7.35. The summed E-state index contributed by atoms with van der Waals surface area (Å²) in [6.45, 7) is 0.436. The molecule has 0 saturated heterocycles. The Hall–Kier alpha value is -2.64. The number of ether oxygens (including phenoxy) is 1. The van der Waals surface area contributed by atoms with Crippen molar-refractivity contribution in [3.05, 3.63) is 71.4 Å². The fourth-order valence-corrected chi connectivity index (χ4v) is 2.89. The van der Waals surface area contributed by atoms with Crippen molar-refractivity contribution in [3.63, 3.8) is 0 Å². The predicted octanol–water partition coefficient (Wildman–Crippen LogP) is 4.26. The molecule has 3 aromatic rings. The Bertz CT molecular complexity index is 760. The van der Waals surface area contributed by atoms with Crippen molar-refractivity contribution in [3.8, 4) is 22.3 Å². The second-order valence-corrected chi connectivity index (χ2v) is 5.28. The van der Waals surface area contributed by atoms with Gasteiger partial charge in [0.1, 0.15) is 18.2 Å². The monoisotopic (exact) mass is 292 g/mol. The van der Waals surface area contributed by atoms with Crippen LogP contribution in [0.2, 0.25) is 0 Å². The van der Waals surface area contributed by atoms with Gasteiger partial charge in [0.15, 0.2) is 5.06 Å². The van der Waals surface area contributed by atoms with Crippen LogP contribution in [0.3, 0.4) is 0 Å². The Labute approximate surface area is 127 Å². The molecule has 0 bridgehead atoms. The Kier molecular flexibility index (Phi) is 3.95. The van der Waals surface area contributed by atoms with Crippen LogP contribution >= 0.6 is 11.3 Å². The number of hydrogen-bond donors (Lipinski definition) is 0. The van der Waals surface area contributed by atoms with E-state index in [0.29, 0.717) is 17.2 Å². The largest absolute Gasteiger partial charge is 0.478 e. The van der Waals surface area contributed by atoms with Gasteiger partial charge in [0.2, 0.25) is 0 Å². The summed E-state index contributed by atoms with van der Waals surface area (Å²) < 4.78 is 5.78. The zero-order valence-electron chi connectivity index (χ0n) is 11.2. The van der Waals surface area contributed by atoms with Gasteiger partial charge in [0.05, 0.1) is 0 Å². The summed E-state index contributed by atoms with van der Waals surface area (Å²) in [6.07, 6.45) is 3.46. The van der Waals surface area contributed by atoms with Crippen molar-refractivity contribution in [2.24, 2.45) is 0 Å². The molecule has 1 aromatic carbocycles. The van der Waals surface area contributed by atoms with Gasteiger partial charge >= 0.3 is 0 Å². The third-order valence-electron chi connectivity index (χ3n) is 3.07. The molecule has 0 spiro atoms. The van der Waals surface area contributed by atoms with Gasteiger partial charge in [-0.3, -0.25) is 4.98 Å². The van der Waals surface area contributed by atoms with Crippen LogP contribution in [0.15, 0.2) is 60.2 Å². The van der Waals surface area contributed by atoms with E-state index in [-0.39, 0.29) is 0 Å². The molecule has 0 unspecified atom stereocenters. The van der Waals surface area contributed by atoms with E-state index in [9.17, 15) is 5.26 Å². The van der Waals surface area contributed by atoms with Gasteiger partial charge < -0.3 is 4.74 Å². The summed E-state index contributed by atoms with van der Waals surface area (Å²) in [6, 6.07) is 15.9. The minimum atomic E-state index is 0.436. The molecule has 3 rings (SSSR count). The van der Waals surface area contributed by atoms with Crippen molar-refractivity contribution in [1.29, 1.82) is 5.26 Å². The Balaban J connectivity index is 1.84. The molecule has 0 radical (unpaired) electrons. The predicted molar refractivity (Wildman–Crippen MR) is 83.0 cm³/mol. The molecule has 0 N–H and O–H groups in total. The number of aromatic nitrogens is 1. The number of nitrogens with zero attached hydrogens (tertiary/aromatic N) is 2. The van der Waals surface area contributed by atoms with E-state index < -0.39 is 0 Å². The molecule has 0 atom stereocenters. The maximum atomic E-state index is 9.41. The van der Waals surface area contributed by atoms with Crippen LogP contribution in [0.5, 0.6) is 5.06 Å². The van der Waals surface area contributed by atoms with E-state index in [1.54, 1.807) is 12.4 Å². The highest BCUT2D eigenvalue weighted by Gasteiger charge is 2.14. The molecule has 2 heterocycles. The lowest BCUT2D eigenvalue weighted by Gasteiger charge is -2.04. The topological polar surface area (TPSA) is 45.9 Å². The molecular weight excluding hydrogens is 280 g/mol. The maximum Gasteiger partial charge on any atom is 0.192 e. The normalized spacial score (nSPS) is 10.0. The highest BCUT2D eigenvalue weighted by atomic mass is 32.1. The SMILES string of the molecule is N#Cc1c(-c2ccccc2)csc1OCc1ccncc1. The van der Waals surface area contributed by atoms with Gasteiger partial charge in [-0.2, -0.15) is 5.26 Å². The highest BCUT2D eigenvalue weighted by molar-refractivity contribution is 7.12. The van der Waals surface area contributed by atoms with Gasteiger partial charge in [0, 0.05) is 23.3 Å².